The molecule has 0 aliphatic heterocycles. The van der Waals surface area contributed by atoms with Crippen LogP contribution in [0.1, 0.15) is 56.1 Å². The van der Waals surface area contributed by atoms with Gasteiger partial charge in [0.25, 0.3) is 0 Å². The predicted molar refractivity (Wildman–Crippen MR) is 126 cm³/mol. The molecule has 1 aliphatic carbocycles. The Labute approximate surface area is 191 Å². The van der Waals surface area contributed by atoms with E-state index in [1.807, 2.05) is 0 Å². The molecule has 0 heterocycles. The van der Waals surface area contributed by atoms with Crippen molar-refractivity contribution in [2.24, 2.45) is 0 Å². The van der Waals surface area contributed by atoms with Gasteiger partial charge in [0, 0.05) is 24.7 Å². The van der Waals surface area contributed by atoms with Crippen molar-refractivity contribution in [2.45, 2.75) is 68.5 Å². The van der Waals surface area contributed by atoms with E-state index in [2.05, 4.69) is 29.6 Å². The molecule has 1 saturated carbocycles. The summed E-state index contributed by atoms with van der Waals surface area (Å²) in [6, 6.07) is 15.1. The first-order valence-electron chi connectivity index (χ1n) is 11.0. The SMILES string of the molecule is CC(O)CCNCc1ccc(C2CCC(N(C)S(=O)(=O)c3ccc(Cl)cc3)CC2)cc1. The topological polar surface area (TPSA) is 69.6 Å². The smallest absolute Gasteiger partial charge is 0.243 e. The van der Waals surface area contributed by atoms with Crippen molar-refractivity contribution in [1.29, 1.82) is 0 Å². The highest BCUT2D eigenvalue weighted by atomic mass is 35.5. The van der Waals surface area contributed by atoms with Crippen LogP contribution < -0.4 is 5.32 Å². The normalized spacial score (nSPS) is 20.7. The Kier molecular flexibility index (Phi) is 8.53. The Morgan fingerprint density at radius 2 is 1.68 bits per heavy atom. The number of benzene rings is 2. The van der Waals surface area contributed by atoms with E-state index in [1.54, 1.807) is 38.2 Å². The van der Waals surface area contributed by atoms with Crippen molar-refractivity contribution in [3.05, 3.63) is 64.7 Å². The maximum atomic E-state index is 12.9. The number of aliphatic hydroxyl groups is 1. The first-order chi connectivity index (χ1) is 14.8. The largest absolute Gasteiger partial charge is 0.393 e. The van der Waals surface area contributed by atoms with Gasteiger partial charge >= 0.3 is 0 Å². The highest BCUT2D eigenvalue weighted by molar-refractivity contribution is 7.89. The minimum absolute atomic E-state index is 0.0225. The second kappa shape index (κ2) is 10.9. The van der Waals surface area contributed by atoms with Crippen molar-refractivity contribution in [3.8, 4) is 0 Å². The second-order valence-electron chi connectivity index (χ2n) is 8.54. The van der Waals surface area contributed by atoms with Crippen LogP contribution in [-0.4, -0.2) is 43.6 Å². The molecule has 170 valence electrons. The summed E-state index contributed by atoms with van der Waals surface area (Å²) >= 11 is 5.90. The first-order valence-corrected chi connectivity index (χ1v) is 12.8. The van der Waals surface area contributed by atoms with Gasteiger partial charge < -0.3 is 10.4 Å². The zero-order chi connectivity index (χ0) is 22.4. The van der Waals surface area contributed by atoms with E-state index >= 15 is 0 Å². The Morgan fingerprint density at radius 3 is 2.26 bits per heavy atom. The van der Waals surface area contributed by atoms with Crippen LogP contribution in [0.15, 0.2) is 53.4 Å². The zero-order valence-corrected chi connectivity index (χ0v) is 19.9. The van der Waals surface area contributed by atoms with Gasteiger partial charge in [0.1, 0.15) is 0 Å². The van der Waals surface area contributed by atoms with E-state index in [1.165, 1.54) is 15.4 Å². The predicted octanol–water partition coefficient (Wildman–Crippen LogP) is 4.55. The van der Waals surface area contributed by atoms with Crippen LogP contribution in [0.2, 0.25) is 5.02 Å². The third-order valence-electron chi connectivity index (χ3n) is 6.22. The van der Waals surface area contributed by atoms with Crippen molar-refractivity contribution in [2.75, 3.05) is 13.6 Å². The van der Waals surface area contributed by atoms with E-state index in [4.69, 9.17) is 11.6 Å². The molecule has 1 fully saturated rings. The molecule has 0 spiro atoms. The van der Waals surface area contributed by atoms with Crippen LogP contribution in [0.4, 0.5) is 0 Å². The molecule has 7 heteroatoms. The minimum Gasteiger partial charge on any atom is -0.393 e. The van der Waals surface area contributed by atoms with E-state index < -0.39 is 10.0 Å². The average Bonchev–Trinajstić information content (AvgIpc) is 2.77. The summed E-state index contributed by atoms with van der Waals surface area (Å²) in [5.74, 6) is 0.472. The van der Waals surface area contributed by atoms with Gasteiger partial charge in [0.15, 0.2) is 0 Å². The molecule has 2 aromatic rings. The quantitative estimate of drug-likeness (QED) is 0.534. The molecule has 0 aromatic heterocycles. The molecule has 0 saturated heterocycles. The molecule has 2 aromatic carbocycles. The summed E-state index contributed by atoms with van der Waals surface area (Å²) in [5.41, 5.74) is 2.56. The number of sulfonamides is 1. The number of nitrogens with one attached hydrogen (secondary N) is 1. The molecule has 1 aliphatic rings. The lowest BCUT2D eigenvalue weighted by Crippen LogP contribution is -2.39. The second-order valence-corrected chi connectivity index (χ2v) is 11.0. The molecule has 0 bridgehead atoms. The van der Waals surface area contributed by atoms with Crippen molar-refractivity contribution < 1.29 is 13.5 Å². The van der Waals surface area contributed by atoms with Crippen molar-refractivity contribution in [1.82, 2.24) is 9.62 Å². The fraction of sp³-hybridized carbons (Fsp3) is 0.500. The number of aliphatic hydroxyl groups excluding tert-OH is 1. The molecule has 2 N–H and O–H groups in total. The van der Waals surface area contributed by atoms with E-state index in [0.29, 0.717) is 15.8 Å². The van der Waals surface area contributed by atoms with Gasteiger partial charge in [-0.05, 0) is 86.9 Å². The summed E-state index contributed by atoms with van der Waals surface area (Å²) in [4.78, 5) is 0.291. The van der Waals surface area contributed by atoms with Crippen molar-refractivity contribution in [3.63, 3.8) is 0 Å². The third-order valence-corrected chi connectivity index (χ3v) is 8.40. The highest BCUT2D eigenvalue weighted by Crippen LogP contribution is 2.36. The lowest BCUT2D eigenvalue weighted by molar-refractivity contribution is 0.183. The van der Waals surface area contributed by atoms with Crippen LogP contribution in [0, 0.1) is 0 Å². The maximum Gasteiger partial charge on any atom is 0.243 e. The highest BCUT2D eigenvalue weighted by Gasteiger charge is 2.31. The fourth-order valence-corrected chi connectivity index (χ4v) is 5.74. The van der Waals surface area contributed by atoms with Crippen LogP contribution >= 0.6 is 11.6 Å². The third kappa shape index (κ3) is 6.53. The van der Waals surface area contributed by atoms with Crippen LogP contribution in [0.5, 0.6) is 0 Å². The van der Waals surface area contributed by atoms with Crippen LogP contribution in [0.25, 0.3) is 0 Å². The molecule has 1 unspecified atom stereocenters. The number of rotatable bonds is 9. The van der Waals surface area contributed by atoms with E-state index in [-0.39, 0.29) is 12.1 Å². The average molecular weight is 465 g/mol. The van der Waals surface area contributed by atoms with Crippen LogP contribution in [-0.2, 0) is 16.6 Å². The maximum absolute atomic E-state index is 12.9. The number of nitrogens with zero attached hydrogens (tertiary/aromatic N) is 1. The first kappa shape index (κ1) is 24.2. The van der Waals surface area contributed by atoms with Gasteiger partial charge in [0.05, 0.1) is 11.0 Å². The molecule has 3 rings (SSSR count). The number of hydrogen-bond donors (Lipinski definition) is 2. The Balaban J connectivity index is 1.52. The lowest BCUT2D eigenvalue weighted by Gasteiger charge is -2.34. The lowest BCUT2D eigenvalue weighted by atomic mass is 9.81. The zero-order valence-electron chi connectivity index (χ0n) is 18.3. The van der Waals surface area contributed by atoms with Gasteiger partial charge in [-0.15, -0.1) is 0 Å². The molecule has 0 amide bonds. The van der Waals surface area contributed by atoms with Crippen LogP contribution in [0.3, 0.4) is 0 Å². The summed E-state index contributed by atoms with van der Waals surface area (Å²) in [7, 11) is -1.82. The fourth-order valence-electron chi connectivity index (χ4n) is 4.19. The van der Waals surface area contributed by atoms with E-state index in [0.717, 1.165) is 45.2 Å². The number of hydrogen-bond acceptors (Lipinski definition) is 4. The standard InChI is InChI=1S/C24H33ClN2O3S/c1-18(28)15-16-26-17-19-3-5-20(6-4-19)21-7-11-23(12-8-21)27(2)31(29,30)24-13-9-22(25)10-14-24/h3-6,9-10,13-14,18,21,23,26,28H,7-8,11-12,15-17H2,1-2H3. The van der Waals surface area contributed by atoms with Gasteiger partial charge in [0.2, 0.25) is 10.0 Å². The van der Waals surface area contributed by atoms with E-state index in [9.17, 15) is 13.5 Å². The monoisotopic (exact) mass is 464 g/mol. The van der Waals surface area contributed by atoms with Crippen molar-refractivity contribution >= 4 is 21.6 Å². The molecular weight excluding hydrogens is 432 g/mol. The van der Waals surface area contributed by atoms with Gasteiger partial charge in [-0.2, -0.15) is 4.31 Å². The Bertz CT molecular complexity index is 922. The Morgan fingerprint density at radius 1 is 1.06 bits per heavy atom. The van der Waals surface area contributed by atoms with Gasteiger partial charge in [-0.3, -0.25) is 0 Å². The molecular formula is C24H33ClN2O3S. The summed E-state index contributed by atoms with van der Waals surface area (Å²) in [5, 5.41) is 13.2. The molecule has 0 radical (unpaired) electrons. The van der Waals surface area contributed by atoms with Gasteiger partial charge in [-0.1, -0.05) is 35.9 Å². The van der Waals surface area contributed by atoms with Gasteiger partial charge in [-0.25, -0.2) is 8.42 Å². The molecule has 31 heavy (non-hydrogen) atoms. The molecule has 5 nitrogen and oxygen atoms in total. The number of halogens is 1. The summed E-state index contributed by atoms with van der Waals surface area (Å²) in [6.07, 6.45) is 4.16. The summed E-state index contributed by atoms with van der Waals surface area (Å²) in [6.45, 7) is 3.40. The molecule has 1 atom stereocenters. The Hall–Kier alpha value is -1.44. The minimum atomic E-state index is -3.51. The summed E-state index contributed by atoms with van der Waals surface area (Å²) < 4.78 is 27.4.